The Balaban J connectivity index is 0.000000273. The molecule has 2 rings (SSSR count). The predicted molar refractivity (Wildman–Crippen MR) is 96.3 cm³/mol. The normalized spacial score (nSPS) is 13.5. The van der Waals surface area contributed by atoms with Crippen molar-refractivity contribution >= 4 is 15.7 Å². The average molecular weight is 384 g/mol. The Morgan fingerprint density at radius 2 is 1.88 bits per heavy atom. The zero-order valence-electron chi connectivity index (χ0n) is 14.5. The number of aliphatic hydroxyl groups is 3. The van der Waals surface area contributed by atoms with E-state index in [0.717, 1.165) is 5.56 Å². The van der Waals surface area contributed by atoms with Crippen molar-refractivity contribution in [2.45, 2.75) is 37.4 Å². The molecular formula is C16H24N4O5S. The van der Waals surface area contributed by atoms with E-state index in [-0.39, 0.29) is 23.6 Å². The van der Waals surface area contributed by atoms with Gasteiger partial charge in [-0.05, 0) is 32.4 Å². The summed E-state index contributed by atoms with van der Waals surface area (Å²) in [7, 11) is -3.52. The molecule has 0 bridgehead atoms. The number of aromatic nitrogens is 2. The zero-order chi connectivity index (χ0) is 19.9. The molecule has 0 aliphatic carbocycles. The Hall–Kier alpha value is -2.11. The summed E-state index contributed by atoms with van der Waals surface area (Å²) in [4.78, 5) is 6.75. The molecule has 1 aromatic carbocycles. The molecule has 144 valence electrons. The molecule has 9 nitrogen and oxygen atoms in total. The lowest BCUT2D eigenvalue weighted by Gasteiger charge is -2.14. The highest BCUT2D eigenvalue weighted by Crippen LogP contribution is 2.16. The Morgan fingerprint density at radius 1 is 1.31 bits per heavy atom. The number of primary sulfonamides is 1. The molecule has 0 fully saturated rings. The van der Waals surface area contributed by atoms with Crippen LogP contribution < -0.4 is 5.14 Å². The van der Waals surface area contributed by atoms with Crippen molar-refractivity contribution in [1.82, 2.24) is 9.97 Å². The van der Waals surface area contributed by atoms with E-state index in [9.17, 15) is 18.6 Å². The van der Waals surface area contributed by atoms with Gasteiger partial charge in [-0.25, -0.2) is 18.5 Å². The number of imidazole rings is 1. The van der Waals surface area contributed by atoms with Crippen molar-refractivity contribution in [3.05, 3.63) is 47.5 Å². The molecule has 0 radical (unpaired) electrons. The molecule has 0 aliphatic heterocycles. The number of benzene rings is 1. The van der Waals surface area contributed by atoms with Crippen LogP contribution in [0.15, 0.2) is 35.4 Å². The lowest BCUT2D eigenvalue weighted by atomic mass is 10.1. The number of aryl methyl sites for hydroxylation is 1. The molecule has 0 aliphatic rings. The van der Waals surface area contributed by atoms with E-state index in [1.165, 1.54) is 18.3 Å². The Kier molecular flexibility index (Phi) is 8.06. The van der Waals surface area contributed by atoms with E-state index in [1.807, 2.05) is 6.92 Å². The summed E-state index contributed by atoms with van der Waals surface area (Å²) < 4.78 is 21.4. The van der Waals surface area contributed by atoms with Crippen molar-refractivity contribution in [2.75, 3.05) is 6.61 Å². The van der Waals surface area contributed by atoms with E-state index in [1.54, 1.807) is 19.1 Å². The first-order valence-corrected chi connectivity index (χ1v) is 9.27. The van der Waals surface area contributed by atoms with Crippen LogP contribution in [-0.4, -0.2) is 52.1 Å². The van der Waals surface area contributed by atoms with Crippen LogP contribution >= 0.6 is 0 Å². The molecule has 0 spiro atoms. The molecule has 0 saturated carbocycles. The third kappa shape index (κ3) is 6.65. The molecule has 26 heavy (non-hydrogen) atoms. The number of hydrogen-bond donors (Lipinski definition) is 6. The predicted octanol–water partition coefficient (Wildman–Crippen LogP) is 0.217. The minimum absolute atomic E-state index is 0.0963. The van der Waals surface area contributed by atoms with Crippen molar-refractivity contribution in [3.8, 4) is 0 Å². The fourth-order valence-corrected chi connectivity index (χ4v) is 2.42. The highest BCUT2D eigenvalue weighted by Gasteiger charge is 2.20. The first-order valence-electron chi connectivity index (χ1n) is 7.73. The number of aromatic amines is 1. The van der Waals surface area contributed by atoms with Crippen LogP contribution in [0.5, 0.6) is 0 Å². The molecule has 1 heterocycles. The molecule has 0 saturated heterocycles. The van der Waals surface area contributed by atoms with Gasteiger partial charge >= 0.3 is 0 Å². The fourth-order valence-electron chi connectivity index (χ4n) is 1.90. The van der Waals surface area contributed by atoms with Crippen molar-refractivity contribution in [3.63, 3.8) is 0 Å². The van der Waals surface area contributed by atoms with Crippen molar-refractivity contribution in [1.29, 1.82) is 5.41 Å². The van der Waals surface area contributed by atoms with Crippen LogP contribution in [0.3, 0.4) is 0 Å². The standard InChI is InChI=1S/C9H15N3O3.C7H9NO2S/c1-5(10)9-11-4-6(12-9)8(15)7(14)2-3-13;1-6-2-4-7(5-3-6)11(8,9)10/h4,7-8,10,13-15H,2-3H2,1H3,(H,11,12);2-5H,1H3,(H2,8,9,10). The number of sulfonamides is 1. The molecule has 2 atom stereocenters. The highest BCUT2D eigenvalue weighted by molar-refractivity contribution is 7.89. The summed E-state index contributed by atoms with van der Waals surface area (Å²) >= 11 is 0. The molecule has 2 unspecified atom stereocenters. The van der Waals surface area contributed by atoms with Crippen LogP contribution in [0.4, 0.5) is 0 Å². The van der Waals surface area contributed by atoms with Crippen LogP contribution in [0.25, 0.3) is 0 Å². The second kappa shape index (κ2) is 9.55. The van der Waals surface area contributed by atoms with Crippen molar-refractivity contribution < 1.29 is 23.7 Å². The second-order valence-corrected chi connectivity index (χ2v) is 7.26. The summed E-state index contributed by atoms with van der Waals surface area (Å²) in [5, 5.41) is 39.8. The van der Waals surface area contributed by atoms with Gasteiger partial charge in [0.2, 0.25) is 10.0 Å². The first kappa shape index (κ1) is 21.9. The first-order chi connectivity index (χ1) is 12.1. The number of nitrogens with one attached hydrogen (secondary N) is 2. The second-order valence-electron chi connectivity index (χ2n) is 5.69. The van der Waals surface area contributed by atoms with Crippen molar-refractivity contribution in [2.24, 2.45) is 5.14 Å². The number of H-pyrrole nitrogens is 1. The number of aliphatic hydroxyl groups excluding tert-OH is 3. The smallest absolute Gasteiger partial charge is 0.238 e. The van der Waals surface area contributed by atoms with E-state index in [2.05, 4.69) is 9.97 Å². The molecule has 1 aromatic heterocycles. The maximum Gasteiger partial charge on any atom is 0.238 e. The van der Waals surface area contributed by atoms with Gasteiger partial charge in [0.05, 0.1) is 28.6 Å². The Morgan fingerprint density at radius 3 is 2.31 bits per heavy atom. The molecule has 2 aromatic rings. The summed E-state index contributed by atoms with van der Waals surface area (Å²) in [5.41, 5.74) is 1.61. The van der Waals surface area contributed by atoms with Crippen LogP contribution in [-0.2, 0) is 10.0 Å². The number of hydrogen-bond acceptors (Lipinski definition) is 7. The van der Waals surface area contributed by atoms with Crippen LogP contribution in [0.2, 0.25) is 0 Å². The maximum absolute atomic E-state index is 10.7. The van der Waals surface area contributed by atoms with E-state index >= 15 is 0 Å². The van der Waals surface area contributed by atoms with Gasteiger partial charge in [0.1, 0.15) is 6.10 Å². The van der Waals surface area contributed by atoms with Gasteiger partial charge < -0.3 is 25.7 Å². The summed E-state index contributed by atoms with van der Waals surface area (Å²) in [5.74, 6) is 0.361. The summed E-state index contributed by atoms with van der Waals surface area (Å²) in [6.07, 6.45) is -0.676. The highest BCUT2D eigenvalue weighted by atomic mass is 32.2. The fraction of sp³-hybridized carbons (Fsp3) is 0.375. The third-order valence-electron chi connectivity index (χ3n) is 3.41. The lowest BCUT2D eigenvalue weighted by Crippen LogP contribution is -2.19. The van der Waals surface area contributed by atoms with E-state index in [0.29, 0.717) is 11.5 Å². The summed E-state index contributed by atoms with van der Waals surface area (Å²) in [6, 6.07) is 6.40. The third-order valence-corrected chi connectivity index (χ3v) is 4.34. The molecule has 10 heteroatoms. The van der Waals surface area contributed by atoms with Gasteiger partial charge in [0.25, 0.3) is 0 Å². The van der Waals surface area contributed by atoms with Crippen LogP contribution in [0.1, 0.15) is 36.5 Å². The Labute approximate surface area is 152 Å². The topological polar surface area (TPSA) is 173 Å². The zero-order valence-corrected chi connectivity index (χ0v) is 15.4. The SMILES string of the molecule is CC(=N)c1ncc(C(O)C(O)CCO)[nH]1.Cc1ccc(S(N)(=O)=O)cc1. The monoisotopic (exact) mass is 384 g/mol. The minimum Gasteiger partial charge on any atom is -0.396 e. The number of nitrogens with two attached hydrogens (primary N) is 1. The van der Waals surface area contributed by atoms with Crippen LogP contribution in [0, 0.1) is 12.3 Å². The molecule has 7 N–H and O–H groups in total. The quantitative estimate of drug-likeness (QED) is 0.388. The van der Waals surface area contributed by atoms with Gasteiger partial charge in [-0.15, -0.1) is 0 Å². The Bertz CT molecular complexity index is 817. The van der Waals surface area contributed by atoms with E-state index < -0.39 is 22.2 Å². The number of nitrogens with zero attached hydrogens (tertiary/aromatic N) is 1. The van der Waals surface area contributed by atoms with Gasteiger partial charge in [0.15, 0.2) is 5.82 Å². The largest absolute Gasteiger partial charge is 0.396 e. The summed E-state index contributed by atoms with van der Waals surface area (Å²) in [6.45, 7) is 3.26. The maximum atomic E-state index is 10.7. The minimum atomic E-state index is -3.52. The lowest BCUT2D eigenvalue weighted by molar-refractivity contribution is 0.00212. The molecule has 0 amide bonds. The van der Waals surface area contributed by atoms with Gasteiger partial charge in [-0.1, -0.05) is 17.7 Å². The van der Waals surface area contributed by atoms with E-state index in [4.69, 9.17) is 15.7 Å². The van der Waals surface area contributed by atoms with Gasteiger partial charge in [0, 0.05) is 6.61 Å². The number of rotatable bonds is 6. The van der Waals surface area contributed by atoms with Gasteiger partial charge in [-0.2, -0.15) is 0 Å². The molecular weight excluding hydrogens is 360 g/mol. The average Bonchev–Trinajstić information content (AvgIpc) is 3.04. The van der Waals surface area contributed by atoms with Gasteiger partial charge in [-0.3, -0.25) is 0 Å².